The highest BCUT2D eigenvalue weighted by Crippen LogP contribution is 2.40. The second kappa shape index (κ2) is 19.1. The zero-order chi connectivity index (χ0) is 46.5. The highest BCUT2D eigenvalue weighted by atomic mass is 16.5. The number of aliphatic imine (C=N–C) groups is 2. The number of phenolic OH excluding ortho intramolecular Hbond substituents is 2. The van der Waals surface area contributed by atoms with E-state index in [1.54, 1.807) is 12.4 Å². The number of ether oxygens (including phenoxy) is 1. The van der Waals surface area contributed by atoms with Gasteiger partial charge in [-0.25, -0.2) is 0 Å². The molecular weight excluding hydrogens is 775 g/mol. The Labute approximate surface area is 378 Å². The molecule has 63 heavy (non-hydrogen) atoms. The molecule has 0 saturated heterocycles. The van der Waals surface area contributed by atoms with Gasteiger partial charge in [0.05, 0.1) is 11.4 Å². The van der Waals surface area contributed by atoms with Gasteiger partial charge in [-0.3, -0.25) is 9.98 Å². The number of nitrogens with zero attached hydrogens (tertiary/aromatic N) is 3. The second-order valence-corrected chi connectivity index (χ2v) is 20.6. The molecule has 0 aliphatic heterocycles. The van der Waals surface area contributed by atoms with Gasteiger partial charge < -0.3 is 19.8 Å². The van der Waals surface area contributed by atoms with Crippen molar-refractivity contribution in [1.82, 2.24) is 0 Å². The van der Waals surface area contributed by atoms with Crippen LogP contribution in [-0.2, 0) is 21.7 Å². The smallest absolute Gasteiger partial charge is 0.153 e. The first-order chi connectivity index (χ1) is 29.4. The number of anilines is 2. The number of hydrogen-bond acceptors (Lipinski definition) is 6. The monoisotopic (exact) mass is 844 g/mol. The molecule has 0 fully saturated rings. The van der Waals surface area contributed by atoms with Gasteiger partial charge in [0, 0.05) is 47.4 Å². The lowest BCUT2D eigenvalue weighted by molar-refractivity contribution is 0.443. The van der Waals surface area contributed by atoms with E-state index in [-0.39, 0.29) is 27.4 Å². The van der Waals surface area contributed by atoms with Gasteiger partial charge in [-0.15, -0.1) is 0 Å². The normalized spacial score (nSPS) is 12.4. The van der Waals surface area contributed by atoms with E-state index in [0.29, 0.717) is 22.7 Å². The van der Waals surface area contributed by atoms with E-state index in [0.717, 1.165) is 50.6 Å². The van der Waals surface area contributed by atoms with E-state index in [2.05, 4.69) is 124 Å². The van der Waals surface area contributed by atoms with Crippen LogP contribution in [0.5, 0.6) is 23.0 Å². The number of aryl methyl sites for hydroxylation is 2. The number of aromatic hydroxyl groups is 2. The molecule has 0 heterocycles. The number of rotatable bonds is 8. The summed E-state index contributed by atoms with van der Waals surface area (Å²) in [6.07, 6.45) is 3.53. The van der Waals surface area contributed by atoms with E-state index in [1.807, 2.05) is 106 Å². The number of benzene rings is 6. The molecule has 2 N–H and O–H groups in total. The predicted octanol–water partition coefficient (Wildman–Crippen LogP) is 15.7. The molecule has 0 aliphatic rings. The molecule has 0 aromatic heterocycles. The molecule has 0 amide bonds. The summed E-state index contributed by atoms with van der Waals surface area (Å²) in [7, 11) is 2.04. The average Bonchev–Trinajstić information content (AvgIpc) is 3.20. The number of hydrogen-bond donors (Lipinski definition) is 2. The summed E-state index contributed by atoms with van der Waals surface area (Å²) in [5.74, 6) is 2.12. The molecule has 6 heteroatoms. The van der Waals surface area contributed by atoms with Crippen LogP contribution in [0.1, 0.15) is 128 Å². The van der Waals surface area contributed by atoms with E-state index in [4.69, 9.17) is 14.7 Å². The number of phenols is 2. The minimum Gasteiger partial charge on any atom is -0.507 e. The Morgan fingerprint density at radius 2 is 0.921 bits per heavy atom. The fourth-order valence-electron chi connectivity index (χ4n) is 7.17. The van der Waals surface area contributed by atoms with Gasteiger partial charge >= 0.3 is 0 Å². The average molecular weight is 844 g/mol. The molecule has 330 valence electrons. The van der Waals surface area contributed by atoms with Crippen molar-refractivity contribution in [3.8, 4) is 23.0 Å². The van der Waals surface area contributed by atoms with Crippen LogP contribution < -0.4 is 9.64 Å². The second-order valence-electron chi connectivity index (χ2n) is 20.6. The Hall–Kier alpha value is -6.14. The van der Waals surface area contributed by atoms with Crippen LogP contribution in [0.15, 0.2) is 131 Å². The van der Waals surface area contributed by atoms with Crippen molar-refractivity contribution in [1.29, 1.82) is 0 Å². The predicted molar refractivity (Wildman–Crippen MR) is 269 cm³/mol. The summed E-state index contributed by atoms with van der Waals surface area (Å²) in [4.78, 5) is 11.7. The molecule has 0 unspecified atom stereocenters. The SMILES string of the molecule is CN(c1ccccc1)c1ccccc1N=Cc1cc(C(C)(C)C)cc(C(C)(C)C)c1O.Cc1cccc(C)c1Oc1ccccc1N=Cc1cc(C(C)(C)C)cc(C(C)(C)C)c1O. The van der Waals surface area contributed by atoms with Gasteiger partial charge in [0.2, 0.25) is 0 Å². The third kappa shape index (κ3) is 12.1. The van der Waals surface area contributed by atoms with Crippen LogP contribution in [0.3, 0.4) is 0 Å². The van der Waals surface area contributed by atoms with Crippen LogP contribution >= 0.6 is 0 Å². The van der Waals surface area contributed by atoms with E-state index < -0.39 is 0 Å². The molecule has 0 bridgehead atoms. The van der Waals surface area contributed by atoms with Gasteiger partial charge in [0.1, 0.15) is 22.9 Å². The van der Waals surface area contributed by atoms with Gasteiger partial charge in [-0.1, -0.05) is 156 Å². The maximum atomic E-state index is 11.0. The summed E-state index contributed by atoms with van der Waals surface area (Å²) in [6.45, 7) is 29.9. The van der Waals surface area contributed by atoms with Crippen LogP contribution in [-0.4, -0.2) is 29.7 Å². The van der Waals surface area contributed by atoms with Crippen molar-refractivity contribution in [2.75, 3.05) is 11.9 Å². The third-order valence-electron chi connectivity index (χ3n) is 11.2. The summed E-state index contributed by atoms with van der Waals surface area (Å²) in [5, 5.41) is 22.1. The van der Waals surface area contributed by atoms with Crippen molar-refractivity contribution >= 4 is 35.2 Å². The van der Waals surface area contributed by atoms with E-state index in [9.17, 15) is 10.2 Å². The van der Waals surface area contributed by atoms with Crippen LogP contribution in [0.2, 0.25) is 0 Å². The molecule has 0 aliphatic carbocycles. The van der Waals surface area contributed by atoms with Gasteiger partial charge in [-0.2, -0.15) is 0 Å². The quantitative estimate of drug-likeness (QED) is 0.150. The summed E-state index contributed by atoms with van der Waals surface area (Å²) >= 11 is 0. The maximum Gasteiger partial charge on any atom is 0.153 e. The molecule has 0 radical (unpaired) electrons. The Kier molecular flexibility index (Phi) is 14.5. The molecule has 0 saturated carbocycles. The fraction of sp³-hybridized carbons (Fsp3) is 0.333. The number of para-hydroxylation sites is 6. The van der Waals surface area contributed by atoms with Gasteiger partial charge in [-0.05, 0) is 106 Å². The Bertz CT molecular complexity index is 2560. The van der Waals surface area contributed by atoms with Crippen molar-refractivity contribution < 1.29 is 14.9 Å². The van der Waals surface area contributed by atoms with Crippen LogP contribution in [0.4, 0.5) is 22.7 Å². The molecule has 0 atom stereocenters. The zero-order valence-corrected chi connectivity index (χ0v) is 40.3. The Morgan fingerprint density at radius 1 is 0.492 bits per heavy atom. The minimum absolute atomic E-state index is 0.0261. The summed E-state index contributed by atoms with van der Waals surface area (Å²) in [6, 6.07) is 40.5. The zero-order valence-electron chi connectivity index (χ0n) is 40.3. The Balaban J connectivity index is 0.000000238. The molecular formula is C57H69N3O3. The lowest BCUT2D eigenvalue weighted by atomic mass is 9.79. The first kappa shape index (κ1) is 47.9. The van der Waals surface area contributed by atoms with Gasteiger partial charge in [0.15, 0.2) is 5.75 Å². The molecule has 6 aromatic carbocycles. The largest absolute Gasteiger partial charge is 0.507 e. The van der Waals surface area contributed by atoms with Crippen molar-refractivity contribution in [3.63, 3.8) is 0 Å². The molecule has 0 spiro atoms. The fourth-order valence-corrected chi connectivity index (χ4v) is 7.17. The highest BCUT2D eigenvalue weighted by molar-refractivity contribution is 5.89. The van der Waals surface area contributed by atoms with E-state index >= 15 is 0 Å². The summed E-state index contributed by atoms with van der Waals surface area (Å²) < 4.78 is 6.27. The lowest BCUT2D eigenvalue weighted by Gasteiger charge is -2.27. The maximum absolute atomic E-state index is 11.0. The van der Waals surface area contributed by atoms with Crippen LogP contribution in [0.25, 0.3) is 0 Å². The lowest BCUT2D eigenvalue weighted by Crippen LogP contribution is -2.17. The van der Waals surface area contributed by atoms with Crippen molar-refractivity contribution in [2.24, 2.45) is 9.98 Å². The highest BCUT2D eigenvalue weighted by Gasteiger charge is 2.26. The third-order valence-corrected chi connectivity index (χ3v) is 11.2. The molecule has 6 rings (SSSR count). The standard InChI is InChI=1S/C29H35NO2.C28H34N2O/c1-19-12-11-13-20(2)27(19)32-25-15-10-9-14-24(25)30-18-21-16-22(28(3,4)5)17-23(26(21)31)29(6,7)8;1-27(2,3)21-17-20(26(31)23(18-21)28(4,5)6)19-29-24-15-11-12-16-25(24)30(7)22-13-9-8-10-14-22/h9-18,31H,1-8H3;8-19,31H,1-7H3. The van der Waals surface area contributed by atoms with E-state index in [1.165, 1.54) is 11.1 Å². The minimum atomic E-state index is -0.183. The molecule has 6 aromatic rings. The molecule has 6 nitrogen and oxygen atoms in total. The van der Waals surface area contributed by atoms with Crippen LogP contribution in [0, 0.1) is 13.8 Å². The van der Waals surface area contributed by atoms with Crippen molar-refractivity contribution in [3.05, 3.63) is 166 Å². The summed E-state index contributed by atoms with van der Waals surface area (Å²) in [5.41, 5.74) is 11.1. The topological polar surface area (TPSA) is 77.7 Å². The van der Waals surface area contributed by atoms with Crippen molar-refractivity contribution in [2.45, 2.75) is 119 Å². The Morgan fingerprint density at radius 3 is 1.40 bits per heavy atom. The first-order valence-electron chi connectivity index (χ1n) is 21.9. The first-order valence-corrected chi connectivity index (χ1v) is 21.9. The van der Waals surface area contributed by atoms with Gasteiger partial charge in [0.25, 0.3) is 0 Å².